The van der Waals surface area contributed by atoms with E-state index in [0.717, 1.165) is 23.7 Å². The van der Waals surface area contributed by atoms with E-state index in [0.29, 0.717) is 6.04 Å². The Hall–Kier alpha value is -1.13. The number of nitrogens with one attached hydrogen (secondary N) is 1. The molecule has 1 saturated heterocycles. The standard InChI is InChI=1S/C12H14N2OS/c1-8-9(6-7-15-8)13-12-14-10-4-2-3-5-11(10)16-12/h2-5,8-9H,6-7H2,1H3,(H,13,14). The van der Waals surface area contributed by atoms with Crippen LogP contribution in [0.3, 0.4) is 0 Å². The van der Waals surface area contributed by atoms with Gasteiger partial charge < -0.3 is 10.1 Å². The molecule has 2 unspecified atom stereocenters. The van der Waals surface area contributed by atoms with E-state index in [2.05, 4.69) is 23.3 Å². The normalized spacial score (nSPS) is 25.1. The first-order chi connectivity index (χ1) is 7.83. The van der Waals surface area contributed by atoms with Gasteiger partial charge in [0.1, 0.15) is 0 Å². The molecule has 16 heavy (non-hydrogen) atoms. The maximum Gasteiger partial charge on any atom is 0.184 e. The second-order valence-corrected chi connectivity index (χ2v) is 5.13. The largest absolute Gasteiger partial charge is 0.376 e. The van der Waals surface area contributed by atoms with Crippen molar-refractivity contribution in [2.24, 2.45) is 0 Å². The van der Waals surface area contributed by atoms with Crippen molar-refractivity contribution in [1.29, 1.82) is 0 Å². The fourth-order valence-electron chi connectivity index (χ4n) is 2.01. The predicted molar refractivity (Wildman–Crippen MR) is 67.1 cm³/mol. The van der Waals surface area contributed by atoms with Crippen LogP contribution in [0.5, 0.6) is 0 Å². The monoisotopic (exact) mass is 234 g/mol. The summed E-state index contributed by atoms with van der Waals surface area (Å²) < 4.78 is 6.76. The summed E-state index contributed by atoms with van der Waals surface area (Å²) in [6, 6.07) is 8.62. The number of fused-ring (bicyclic) bond motifs is 1. The Kier molecular flexibility index (Phi) is 2.53. The van der Waals surface area contributed by atoms with Gasteiger partial charge in [-0.25, -0.2) is 4.98 Å². The average Bonchev–Trinajstić information content (AvgIpc) is 2.85. The molecule has 0 bridgehead atoms. The lowest BCUT2D eigenvalue weighted by atomic mass is 10.2. The lowest BCUT2D eigenvalue weighted by Crippen LogP contribution is -2.26. The van der Waals surface area contributed by atoms with Crippen molar-refractivity contribution >= 4 is 26.7 Å². The topological polar surface area (TPSA) is 34.1 Å². The number of para-hydroxylation sites is 1. The molecule has 1 aromatic carbocycles. The minimum absolute atomic E-state index is 0.284. The van der Waals surface area contributed by atoms with E-state index >= 15 is 0 Å². The zero-order valence-electron chi connectivity index (χ0n) is 9.14. The molecule has 3 nitrogen and oxygen atoms in total. The highest BCUT2D eigenvalue weighted by atomic mass is 32.1. The molecule has 4 heteroatoms. The molecule has 1 fully saturated rings. The quantitative estimate of drug-likeness (QED) is 0.867. The number of ether oxygens (including phenoxy) is 1. The molecule has 1 aliphatic heterocycles. The van der Waals surface area contributed by atoms with Crippen LogP contribution in [0.4, 0.5) is 5.13 Å². The summed E-state index contributed by atoms with van der Waals surface area (Å²) in [5.41, 5.74) is 1.07. The van der Waals surface area contributed by atoms with Crippen LogP contribution in [-0.4, -0.2) is 23.7 Å². The number of benzene rings is 1. The zero-order valence-corrected chi connectivity index (χ0v) is 9.96. The van der Waals surface area contributed by atoms with Gasteiger partial charge in [0.25, 0.3) is 0 Å². The molecule has 2 heterocycles. The summed E-state index contributed by atoms with van der Waals surface area (Å²) in [6.07, 6.45) is 1.35. The average molecular weight is 234 g/mol. The maximum absolute atomic E-state index is 5.53. The third-order valence-electron chi connectivity index (χ3n) is 2.98. The summed E-state index contributed by atoms with van der Waals surface area (Å²) in [5.74, 6) is 0. The third kappa shape index (κ3) is 1.79. The minimum atomic E-state index is 0.284. The number of thiazole rings is 1. The fraction of sp³-hybridized carbons (Fsp3) is 0.417. The van der Waals surface area contributed by atoms with Crippen LogP contribution >= 0.6 is 11.3 Å². The van der Waals surface area contributed by atoms with E-state index in [1.165, 1.54) is 4.70 Å². The Morgan fingerprint density at radius 2 is 2.31 bits per heavy atom. The zero-order chi connectivity index (χ0) is 11.0. The number of aromatic nitrogens is 1. The summed E-state index contributed by atoms with van der Waals surface area (Å²) in [5, 5.41) is 4.47. The third-order valence-corrected chi connectivity index (χ3v) is 3.95. The van der Waals surface area contributed by atoms with E-state index in [4.69, 9.17) is 4.74 Å². The first kappa shape index (κ1) is 10.1. The number of nitrogens with zero attached hydrogens (tertiary/aromatic N) is 1. The number of hydrogen-bond acceptors (Lipinski definition) is 4. The van der Waals surface area contributed by atoms with E-state index in [-0.39, 0.29) is 6.10 Å². The van der Waals surface area contributed by atoms with Crippen LogP contribution in [0.1, 0.15) is 13.3 Å². The summed E-state index contributed by atoms with van der Waals surface area (Å²) >= 11 is 1.71. The van der Waals surface area contributed by atoms with Crippen molar-refractivity contribution in [3.05, 3.63) is 24.3 Å². The predicted octanol–water partition coefficient (Wildman–Crippen LogP) is 2.89. The number of rotatable bonds is 2. The van der Waals surface area contributed by atoms with E-state index in [1.54, 1.807) is 11.3 Å². The van der Waals surface area contributed by atoms with Gasteiger partial charge in [0.05, 0.1) is 22.4 Å². The van der Waals surface area contributed by atoms with E-state index < -0.39 is 0 Å². The van der Waals surface area contributed by atoms with Crippen molar-refractivity contribution < 1.29 is 4.74 Å². The molecule has 84 valence electrons. The molecule has 1 aromatic heterocycles. The van der Waals surface area contributed by atoms with Gasteiger partial charge in [0.15, 0.2) is 5.13 Å². The highest BCUT2D eigenvalue weighted by molar-refractivity contribution is 7.22. The molecule has 1 aliphatic rings. The highest BCUT2D eigenvalue weighted by Crippen LogP contribution is 2.27. The SMILES string of the molecule is CC1OCCC1Nc1nc2ccccc2s1. The molecule has 0 saturated carbocycles. The van der Waals surface area contributed by atoms with Crippen molar-refractivity contribution in [2.75, 3.05) is 11.9 Å². The molecule has 2 atom stereocenters. The molecule has 0 aliphatic carbocycles. The van der Waals surface area contributed by atoms with Crippen molar-refractivity contribution in [3.8, 4) is 0 Å². The van der Waals surface area contributed by atoms with Gasteiger partial charge in [0, 0.05) is 6.61 Å². The van der Waals surface area contributed by atoms with Crippen LogP contribution in [-0.2, 0) is 4.74 Å². The van der Waals surface area contributed by atoms with Crippen LogP contribution in [0, 0.1) is 0 Å². The smallest absolute Gasteiger partial charge is 0.184 e. The number of hydrogen-bond donors (Lipinski definition) is 1. The molecular weight excluding hydrogens is 220 g/mol. The van der Waals surface area contributed by atoms with Gasteiger partial charge in [-0.1, -0.05) is 23.5 Å². The molecule has 2 aromatic rings. The van der Waals surface area contributed by atoms with E-state index in [9.17, 15) is 0 Å². The van der Waals surface area contributed by atoms with Gasteiger partial charge in [-0.2, -0.15) is 0 Å². The molecular formula is C12H14N2OS. The minimum Gasteiger partial charge on any atom is -0.376 e. The van der Waals surface area contributed by atoms with Gasteiger partial charge in [-0.3, -0.25) is 0 Å². The summed E-state index contributed by atoms with van der Waals surface area (Å²) in [7, 11) is 0. The van der Waals surface area contributed by atoms with E-state index in [1.807, 2.05) is 18.2 Å². The summed E-state index contributed by atoms with van der Waals surface area (Å²) in [4.78, 5) is 4.56. The second-order valence-electron chi connectivity index (χ2n) is 4.10. The van der Waals surface area contributed by atoms with Gasteiger partial charge in [-0.05, 0) is 25.5 Å². The van der Waals surface area contributed by atoms with Crippen LogP contribution in [0.25, 0.3) is 10.2 Å². The molecule has 3 rings (SSSR count). The lowest BCUT2D eigenvalue weighted by Gasteiger charge is -2.14. The fourth-order valence-corrected chi connectivity index (χ4v) is 2.94. The second kappa shape index (κ2) is 4.03. The number of anilines is 1. The first-order valence-corrected chi connectivity index (χ1v) is 6.38. The highest BCUT2D eigenvalue weighted by Gasteiger charge is 2.24. The Labute approximate surface area is 98.5 Å². The Morgan fingerprint density at radius 1 is 1.44 bits per heavy atom. The van der Waals surface area contributed by atoms with Crippen LogP contribution < -0.4 is 5.32 Å². The van der Waals surface area contributed by atoms with Crippen molar-refractivity contribution in [2.45, 2.75) is 25.5 Å². The van der Waals surface area contributed by atoms with Gasteiger partial charge in [0.2, 0.25) is 0 Å². The molecule has 0 spiro atoms. The van der Waals surface area contributed by atoms with Crippen LogP contribution in [0.15, 0.2) is 24.3 Å². The Balaban J connectivity index is 1.83. The molecule has 0 radical (unpaired) electrons. The maximum atomic E-state index is 5.53. The van der Waals surface area contributed by atoms with Gasteiger partial charge >= 0.3 is 0 Å². The van der Waals surface area contributed by atoms with Crippen molar-refractivity contribution in [1.82, 2.24) is 4.98 Å². The lowest BCUT2D eigenvalue weighted by molar-refractivity contribution is 0.121. The first-order valence-electron chi connectivity index (χ1n) is 5.56. The van der Waals surface area contributed by atoms with Crippen LogP contribution in [0.2, 0.25) is 0 Å². The molecule has 0 amide bonds. The molecule has 1 N–H and O–H groups in total. The Bertz CT molecular complexity index is 463. The Morgan fingerprint density at radius 3 is 3.06 bits per heavy atom. The summed E-state index contributed by atoms with van der Waals surface area (Å²) in [6.45, 7) is 2.96. The van der Waals surface area contributed by atoms with Gasteiger partial charge in [-0.15, -0.1) is 0 Å². The van der Waals surface area contributed by atoms with Crippen molar-refractivity contribution in [3.63, 3.8) is 0 Å².